The number of hydrogen-bond acceptors (Lipinski definition) is 6. The predicted molar refractivity (Wildman–Crippen MR) is 121 cm³/mol. The molecule has 5 rings (SSSR count). The van der Waals surface area contributed by atoms with Crippen LogP contribution in [0.1, 0.15) is 35.8 Å². The van der Waals surface area contributed by atoms with Crippen molar-refractivity contribution in [2.24, 2.45) is 5.92 Å². The molecule has 2 N–H and O–H groups in total. The van der Waals surface area contributed by atoms with Gasteiger partial charge in [-0.15, -0.1) is 5.10 Å². The van der Waals surface area contributed by atoms with E-state index in [-0.39, 0.29) is 17.7 Å². The molecule has 3 aromatic heterocycles. The second-order valence-corrected chi connectivity index (χ2v) is 7.93. The zero-order valence-corrected chi connectivity index (χ0v) is 18.3. The van der Waals surface area contributed by atoms with Crippen molar-refractivity contribution in [3.8, 4) is 11.6 Å². The fraction of sp³-hybridized carbons (Fsp3) is 0.261. The molecule has 0 saturated heterocycles. The fourth-order valence-electron chi connectivity index (χ4n) is 3.44. The molecule has 2 amide bonds. The first-order chi connectivity index (χ1) is 16.0. The Morgan fingerprint density at radius 1 is 1.15 bits per heavy atom. The third-order valence-electron chi connectivity index (χ3n) is 5.42. The Balaban J connectivity index is 1.32. The minimum absolute atomic E-state index is 0.00824. The van der Waals surface area contributed by atoms with Crippen LogP contribution in [0, 0.1) is 12.8 Å². The van der Waals surface area contributed by atoms with Gasteiger partial charge in [-0.2, -0.15) is 5.10 Å². The number of anilines is 2. The first-order valence-electron chi connectivity index (χ1n) is 10.8. The third-order valence-corrected chi connectivity index (χ3v) is 5.42. The molecular formula is C23H23N7O3. The van der Waals surface area contributed by atoms with E-state index >= 15 is 0 Å². The third kappa shape index (κ3) is 4.40. The Morgan fingerprint density at radius 3 is 2.79 bits per heavy atom. The van der Waals surface area contributed by atoms with Crippen molar-refractivity contribution in [1.82, 2.24) is 24.4 Å². The van der Waals surface area contributed by atoms with Crippen LogP contribution in [0.4, 0.5) is 11.5 Å². The first-order valence-corrected chi connectivity index (χ1v) is 10.8. The second-order valence-electron chi connectivity index (χ2n) is 7.93. The van der Waals surface area contributed by atoms with Crippen LogP contribution in [-0.2, 0) is 11.3 Å². The van der Waals surface area contributed by atoms with Gasteiger partial charge in [-0.1, -0.05) is 6.07 Å². The summed E-state index contributed by atoms with van der Waals surface area (Å²) in [5.74, 6) is 1.18. The summed E-state index contributed by atoms with van der Waals surface area (Å²) in [7, 11) is 0. The van der Waals surface area contributed by atoms with E-state index in [1.807, 2.05) is 26.0 Å². The minimum atomic E-state index is -0.242. The van der Waals surface area contributed by atoms with Gasteiger partial charge in [-0.05, 0) is 50.5 Å². The summed E-state index contributed by atoms with van der Waals surface area (Å²) < 4.78 is 9.11. The zero-order valence-electron chi connectivity index (χ0n) is 18.3. The average Bonchev–Trinajstić information content (AvgIpc) is 3.41. The van der Waals surface area contributed by atoms with Crippen molar-refractivity contribution in [2.45, 2.75) is 33.2 Å². The summed E-state index contributed by atoms with van der Waals surface area (Å²) in [6, 6.07) is 10.6. The van der Waals surface area contributed by atoms with Gasteiger partial charge in [0.05, 0.1) is 6.20 Å². The van der Waals surface area contributed by atoms with Crippen molar-refractivity contribution >= 4 is 29.0 Å². The van der Waals surface area contributed by atoms with Crippen LogP contribution >= 0.6 is 0 Å². The Bertz CT molecular complexity index is 1350. The van der Waals surface area contributed by atoms with Gasteiger partial charge in [-0.25, -0.2) is 9.50 Å². The van der Waals surface area contributed by atoms with Gasteiger partial charge in [0.2, 0.25) is 11.8 Å². The second kappa shape index (κ2) is 8.38. The molecule has 168 valence electrons. The maximum absolute atomic E-state index is 12.7. The lowest BCUT2D eigenvalue weighted by atomic mass is 10.2. The summed E-state index contributed by atoms with van der Waals surface area (Å²) in [6.45, 7) is 4.44. The largest absolute Gasteiger partial charge is 0.438 e. The molecule has 1 fully saturated rings. The number of carbonyl (C=O) groups excluding carboxylic acids is 2. The molecule has 1 aliphatic carbocycles. The molecule has 0 spiro atoms. The predicted octanol–water partition coefficient (Wildman–Crippen LogP) is 3.65. The summed E-state index contributed by atoms with van der Waals surface area (Å²) in [5.41, 5.74) is 2.61. The van der Waals surface area contributed by atoms with Crippen molar-refractivity contribution < 1.29 is 14.3 Å². The molecule has 1 aliphatic rings. The number of rotatable bonds is 7. The van der Waals surface area contributed by atoms with Gasteiger partial charge in [0.1, 0.15) is 11.4 Å². The van der Waals surface area contributed by atoms with Gasteiger partial charge in [0.25, 0.3) is 5.91 Å². The number of amides is 2. The lowest BCUT2D eigenvalue weighted by Crippen LogP contribution is -2.17. The average molecular weight is 445 g/mol. The highest BCUT2D eigenvalue weighted by Gasteiger charge is 2.30. The summed E-state index contributed by atoms with van der Waals surface area (Å²) in [6.07, 6.45) is 5.11. The Hall–Kier alpha value is -4.21. The van der Waals surface area contributed by atoms with Gasteiger partial charge in [0, 0.05) is 36.5 Å². The molecular weight excluding hydrogens is 422 g/mol. The maximum Gasteiger partial charge on any atom is 0.273 e. The maximum atomic E-state index is 12.7. The van der Waals surface area contributed by atoms with Crippen molar-refractivity contribution in [2.75, 3.05) is 10.6 Å². The van der Waals surface area contributed by atoms with Crippen LogP contribution < -0.4 is 15.4 Å². The molecule has 0 aliphatic heterocycles. The van der Waals surface area contributed by atoms with E-state index in [4.69, 9.17) is 4.74 Å². The van der Waals surface area contributed by atoms with E-state index in [1.165, 1.54) is 0 Å². The smallest absolute Gasteiger partial charge is 0.273 e. The van der Waals surface area contributed by atoms with Gasteiger partial charge >= 0.3 is 0 Å². The van der Waals surface area contributed by atoms with Crippen LogP contribution in [0.3, 0.4) is 0 Å². The molecule has 0 radical (unpaired) electrons. The van der Waals surface area contributed by atoms with Crippen molar-refractivity contribution in [1.29, 1.82) is 0 Å². The normalized spacial score (nSPS) is 13.2. The number of fused-ring (bicyclic) bond motifs is 1. The van der Waals surface area contributed by atoms with Crippen LogP contribution in [0.5, 0.6) is 11.6 Å². The monoisotopic (exact) mass is 445 g/mol. The molecule has 0 unspecified atom stereocenters. The molecule has 4 aromatic rings. The van der Waals surface area contributed by atoms with Crippen molar-refractivity contribution in [3.05, 3.63) is 60.0 Å². The fourth-order valence-corrected chi connectivity index (χ4v) is 3.44. The van der Waals surface area contributed by atoms with E-state index in [2.05, 4.69) is 25.8 Å². The standard InChI is InChI=1S/C23H23N7O3/c1-3-29-18(10-11-24-29)23(32)25-17-12-16(7-4-14(17)2)33-21-9-8-20-26-19(13-30(20)28-21)27-22(31)15-5-6-15/h4,7-13,15H,3,5-6H2,1-2H3,(H,25,32)(H,27,31). The van der Waals surface area contributed by atoms with Crippen molar-refractivity contribution in [3.63, 3.8) is 0 Å². The molecule has 10 nitrogen and oxygen atoms in total. The molecule has 10 heteroatoms. The number of ether oxygens (including phenoxy) is 1. The SMILES string of the molecule is CCn1nccc1C(=O)Nc1cc(Oc2ccc3nc(NC(=O)C4CC4)cn3n2)ccc1C. The van der Waals surface area contributed by atoms with E-state index in [0.29, 0.717) is 41.0 Å². The molecule has 1 saturated carbocycles. The zero-order chi connectivity index (χ0) is 22.9. The molecule has 33 heavy (non-hydrogen) atoms. The van der Waals surface area contributed by atoms with Crippen LogP contribution in [0.25, 0.3) is 5.65 Å². The highest BCUT2D eigenvalue weighted by molar-refractivity contribution is 6.03. The number of nitrogens with one attached hydrogen (secondary N) is 2. The highest BCUT2D eigenvalue weighted by Crippen LogP contribution is 2.30. The van der Waals surface area contributed by atoms with Crippen LogP contribution in [0.2, 0.25) is 0 Å². The Morgan fingerprint density at radius 2 is 2.00 bits per heavy atom. The van der Waals surface area contributed by atoms with Gasteiger partial charge in [-0.3, -0.25) is 14.3 Å². The number of hydrogen-bond donors (Lipinski definition) is 2. The van der Waals surface area contributed by atoms with Gasteiger partial charge in [0.15, 0.2) is 11.5 Å². The van der Waals surface area contributed by atoms with Gasteiger partial charge < -0.3 is 15.4 Å². The molecule has 3 heterocycles. The quantitative estimate of drug-likeness (QED) is 0.449. The lowest BCUT2D eigenvalue weighted by molar-refractivity contribution is -0.117. The molecule has 0 atom stereocenters. The number of aryl methyl sites for hydroxylation is 2. The van der Waals surface area contributed by atoms with E-state index < -0.39 is 0 Å². The Kier molecular flexibility index (Phi) is 5.25. The molecule has 1 aromatic carbocycles. The van der Waals surface area contributed by atoms with Crippen LogP contribution in [0.15, 0.2) is 48.8 Å². The minimum Gasteiger partial charge on any atom is -0.438 e. The number of benzene rings is 1. The van der Waals surface area contributed by atoms with E-state index in [9.17, 15) is 9.59 Å². The van der Waals surface area contributed by atoms with E-state index in [1.54, 1.807) is 45.9 Å². The summed E-state index contributed by atoms with van der Waals surface area (Å²) in [4.78, 5) is 29.0. The topological polar surface area (TPSA) is 115 Å². The summed E-state index contributed by atoms with van der Waals surface area (Å²) in [5, 5.41) is 14.3. The number of nitrogens with zero attached hydrogens (tertiary/aromatic N) is 5. The summed E-state index contributed by atoms with van der Waals surface area (Å²) >= 11 is 0. The van der Waals surface area contributed by atoms with Crippen LogP contribution in [-0.4, -0.2) is 36.2 Å². The number of carbonyl (C=O) groups is 2. The lowest BCUT2D eigenvalue weighted by Gasteiger charge is -2.12. The Labute approximate surface area is 189 Å². The first kappa shape index (κ1) is 20.7. The number of aromatic nitrogens is 5. The molecule has 0 bridgehead atoms. The van der Waals surface area contributed by atoms with E-state index in [0.717, 1.165) is 18.4 Å². The highest BCUT2D eigenvalue weighted by atomic mass is 16.5. The number of imidazole rings is 1.